The Kier molecular flexibility index (Phi) is 8.01. The number of hydrogen-bond donors (Lipinski definition) is 1. The summed E-state index contributed by atoms with van der Waals surface area (Å²) in [5, 5.41) is 3.88. The van der Waals surface area contributed by atoms with Crippen LogP contribution in [0, 0.1) is 0 Å². The molecule has 1 amide bonds. The van der Waals surface area contributed by atoms with Crippen molar-refractivity contribution in [3.63, 3.8) is 0 Å². The maximum atomic E-state index is 12.1. The number of amides is 1. The lowest BCUT2D eigenvalue weighted by atomic mass is 10.2. The van der Waals surface area contributed by atoms with Gasteiger partial charge >= 0.3 is 0 Å². The molecule has 0 aliphatic heterocycles. The Morgan fingerprint density at radius 1 is 1.18 bits per heavy atom. The molecule has 0 heterocycles. The van der Waals surface area contributed by atoms with Gasteiger partial charge in [-0.05, 0) is 60.5 Å². The summed E-state index contributed by atoms with van der Waals surface area (Å²) in [5.41, 5.74) is 3.52. The van der Waals surface area contributed by atoms with Gasteiger partial charge in [0.15, 0.2) is 0 Å². The van der Waals surface area contributed by atoms with Crippen molar-refractivity contribution in [2.45, 2.75) is 13.3 Å². The van der Waals surface area contributed by atoms with E-state index < -0.39 is 15.9 Å². The molecule has 0 saturated heterocycles. The SMILES string of the molecule is CCCOc1ccc(/C=N\NC(=O)CN(c2ccc(Br)cc2)S(C)(=O)=O)cc1. The molecule has 0 aromatic heterocycles. The van der Waals surface area contributed by atoms with Crippen molar-refractivity contribution in [2.24, 2.45) is 5.10 Å². The molecule has 9 heteroatoms. The first-order valence-electron chi connectivity index (χ1n) is 8.57. The molecule has 2 aromatic rings. The van der Waals surface area contributed by atoms with E-state index in [2.05, 4.69) is 26.5 Å². The highest BCUT2D eigenvalue weighted by Crippen LogP contribution is 2.20. The normalized spacial score (nSPS) is 11.4. The van der Waals surface area contributed by atoms with Gasteiger partial charge in [-0.3, -0.25) is 9.10 Å². The molecule has 0 bridgehead atoms. The summed E-state index contributed by atoms with van der Waals surface area (Å²) in [6.07, 6.45) is 3.46. The number of carbonyl (C=O) groups is 1. The lowest BCUT2D eigenvalue weighted by Gasteiger charge is -2.21. The van der Waals surface area contributed by atoms with Gasteiger partial charge in [-0.15, -0.1) is 0 Å². The van der Waals surface area contributed by atoms with Crippen molar-refractivity contribution >= 4 is 43.8 Å². The van der Waals surface area contributed by atoms with Gasteiger partial charge in [0, 0.05) is 4.47 Å². The van der Waals surface area contributed by atoms with Gasteiger partial charge in [0.1, 0.15) is 12.3 Å². The molecule has 0 spiro atoms. The molecule has 0 unspecified atom stereocenters. The number of carbonyl (C=O) groups excluding carboxylic acids is 1. The third-order valence-electron chi connectivity index (χ3n) is 3.56. The molecule has 2 aromatic carbocycles. The number of anilines is 1. The largest absolute Gasteiger partial charge is 0.494 e. The minimum atomic E-state index is -3.62. The fourth-order valence-electron chi connectivity index (χ4n) is 2.22. The van der Waals surface area contributed by atoms with Crippen LogP contribution in [0.5, 0.6) is 5.75 Å². The minimum absolute atomic E-state index is 0.373. The van der Waals surface area contributed by atoms with E-state index in [4.69, 9.17) is 4.74 Å². The van der Waals surface area contributed by atoms with Gasteiger partial charge in [-0.1, -0.05) is 22.9 Å². The summed E-state index contributed by atoms with van der Waals surface area (Å²) in [4.78, 5) is 12.1. The highest BCUT2D eigenvalue weighted by atomic mass is 79.9. The zero-order valence-electron chi connectivity index (χ0n) is 15.6. The number of benzene rings is 2. The number of rotatable bonds is 9. The molecule has 28 heavy (non-hydrogen) atoms. The highest BCUT2D eigenvalue weighted by molar-refractivity contribution is 9.10. The van der Waals surface area contributed by atoms with E-state index in [0.29, 0.717) is 12.3 Å². The lowest BCUT2D eigenvalue weighted by molar-refractivity contribution is -0.119. The maximum Gasteiger partial charge on any atom is 0.260 e. The molecule has 0 atom stereocenters. The van der Waals surface area contributed by atoms with Crippen molar-refractivity contribution in [3.05, 3.63) is 58.6 Å². The van der Waals surface area contributed by atoms with Gasteiger partial charge in [-0.2, -0.15) is 5.10 Å². The molecule has 1 N–H and O–H groups in total. The maximum absolute atomic E-state index is 12.1. The van der Waals surface area contributed by atoms with E-state index >= 15 is 0 Å². The summed E-state index contributed by atoms with van der Waals surface area (Å²) >= 11 is 3.29. The van der Waals surface area contributed by atoms with Crippen LogP contribution < -0.4 is 14.5 Å². The second-order valence-electron chi connectivity index (χ2n) is 5.96. The lowest BCUT2D eigenvalue weighted by Crippen LogP contribution is -2.38. The predicted octanol–water partition coefficient (Wildman–Crippen LogP) is 3.15. The van der Waals surface area contributed by atoms with Gasteiger partial charge in [0.2, 0.25) is 10.0 Å². The van der Waals surface area contributed by atoms with Crippen LogP contribution in [-0.4, -0.2) is 39.9 Å². The molecule has 7 nitrogen and oxygen atoms in total. The predicted molar refractivity (Wildman–Crippen MR) is 114 cm³/mol. The van der Waals surface area contributed by atoms with E-state index in [0.717, 1.165) is 32.8 Å². The van der Waals surface area contributed by atoms with E-state index in [9.17, 15) is 13.2 Å². The molecule has 0 saturated carbocycles. The molecular formula is C19H22BrN3O4S. The van der Waals surface area contributed by atoms with Crippen molar-refractivity contribution in [3.8, 4) is 5.75 Å². The van der Waals surface area contributed by atoms with Gasteiger partial charge in [-0.25, -0.2) is 13.8 Å². The molecule has 0 aliphatic carbocycles. The average Bonchev–Trinajstić information content (AvgIpc) is 2.65. The number of sulfonamides is 1. The smallest absolute Gasteiger partial charge is 0.260 e. The van der Waals surface area contributed by atoms with E-state index in [-0.39, 0.29) is 6.54 Å². The van der Waals surface area contributed by atoms with Gasteiger partial charge in [0.25, 0.3) is 5.91 Å². The average molecular weight is 468 g/mol. The van der Waals surface area contributed by atoms with Gasteiger partial charge < -0.3 is 4.74 Å². The number of hydrogen-bond acceptors (Lipinski definition) is 5. The Morgan fingerprint density at radius 3 is 2.39 bits per heavy atom. The molecule has 0 fully saturated rings. The third-order valence-corrected chi connectivity index (χ3v) is 5.23. The van der Waals surface area contributed by atoms with Crippen LogP contribution in [-0.2, 0) is 14.8 Å². The van der Waals surface area contributed by atoms with Crippen molar-refractivity contribution < 1.29 is 17.9 Å². The summed E-state index contributed by atoms with van der Waals surface area (Å²) < 4.78 is 31.4. The van der Waals surface area contributed by atoms with Gasteiger partial charge in [0.05, 0.1) is 24.8 Å². The Labute approximate surface area is 173 Å². The number of ether oxygens (including phenoxy) is 1. The van der Waals surface area contributed by atoms with Crippen molar-refractivity contribution in [1.82, 2.24) is 5.43 Å². The molecule has 150 valence electrons. The highest BCUT2D eigenvalue weighted by Gasteiger charge is 2.20. The van der Waals surface area contributed by atoms with Crippen LogP contribution in [0.15, 0.2) is 58.1 Å². The summed E-state index contributed by atoms with van der Waals surface area (Å²) in [6.45, 7) is 2.31. The van der Waals surface area contributed by atoms with Crippen LogP contribution >= 0.6 is 15.9 Å². The monoisotopic (exact) mass is 467 g/mol. The molecule has 0 radical (unpaired) electrons. The van der Waals surface area contributed by atoms with Crippen LogP contribution in [0.25, 0.3) is 0 Å². The Balaban J connectivity index is 1.97. The van der Waals surface area contributed by atoms with Crippen LogP contribution in [0.3, 0.4) is 0 Å². The second-order valence-corrected chi connectivity index (χ2v) is 8.78. The zero-order valence-corrected chi connectivity index (χ0v) is 18.0. The van der Waals surface area contributed by atoms with E-state index in [1.54, 1.807) is 24.3 Å². The first-order chi connectivity index (χ1) is 13.3. The van der Waals surface area contributed by atoms with Crippen LogP contribution in [0.4, 0.5) is 5.69 Å². The van der Waals surface area contributed by atoms with Crippen molar-refractivity contribution in [2.75, 3.05) is 23.7 Å². The summed E-state index contributed by atoms with van der Waals surface area (Å²) in [5.74, 6) is 0.217. The Bertz CT molecular complexity index is 913. The molecule has 2 rings (SSSR count). The fraction of sp³-hybridized carbons (Fsp3) is 0.263. The molecule has 0 aliphatic rings. The summed E-state index contributed by atoms with van der Waals surface area (Å²) in [6, 6.07) is 13.9. The summed E-state index contributed by atoms with van der Waals surface area (Å²) in [7, 11) is -3.62. The second kappa shape index (κ2) is 10.2. The number of nitrogens with zero attached hydrogens (tertiary/aromatic N) is 2. The number of halogens is 1. The fourth-order valence-corrected chi connectivity index (χ4v) is 3.34. The van der Waals surface area contributed by atoms with E-state index in [1.807, 2.05) is 31.2 Å². The minimum Gasteiger partial charge on any atom is -0.494 e. The standard InChI is InChI=1S/C19H22BrN3O4S/c1-3-12-27-18-10-4-15(5-11-18)13-21-22-19(24)14-23(28(2,25)26)17-8-6-16(20)7-9-17/h4-11,13H,3,12,14H2,1-2H3,(H,22,24)/b21-13-. The van der Waals surface area contributed by atoms with E-state index in [1.165, 1.54) is 6.21 Å². The zero-order chi connectivity index (χ0) is 20.6. The first-order valence-corrected chi connectivity index (χ1v) is 11.2. The van der Waals surface area contributed by atoms with Crippen LogP contribution in [0.2, 0.25) is 0 Å². The number of nitrogens with one attached hydrogen (secondary N) is 1. The Hall–Kier alpha value is -2.39. The first kappa shape index (κ1) is 21.9. The van der Waals surface area contributed by atoms with Crippen molar-refractivity contribution in [1.29, 1.82) is 0 Å². The Morgan fingerprint density at radius 2 is 1.82 bits per heavy atom. The quantitative estimate of drug-likeness (QED) is 0.453. The topological polar surface area (TPSA) is 88.1 Å². The molecular weight excluding hydrogens is 446 g/mol. The third kappa shape index (κ3) is 6.97. The van der Waals surface area contributed by atoms with Crippen LogP contribution in [0.1, 0.15) is 18.9 Å². The number of hydrazone groups is 1.